The van der Waals surface area contributed by atoms with E-state index in [0.29, 0.717) is 33.0 Å². The third kappa shape index (κ3) is 3.29. The Labute approximate surface area is 223 Å². The molecule has 1 atom stereocenters. The molecule has 0 unspecified atom stereocenters. The molecule has 188 valence electrons. The second kappa shape index (κ2) is 8.46. The van der Waals surface area contributed by atoms with Gasteiger partial charge in [0.05, 0.1) is 36.2 Å². The summed E-state index contributed by atoms with van der Waals surface area (Å²) in [6.07, 6.45) is 1.61. The van der Waals surface area contributed by atoms with Gasteiger partial charge in [0.2, 0.25) is 5.88 Å². The Morgan fingerprint density at radius 3 is 2.51 bits per heavy atom. The van der Waals surface area contributed by atoms with Crippen LogP contribution in [0.4, 0.5) is 5.69 Å². The molecule has 37 heavy (non-hydrogen) atoms. The van der Waals surface area contributed by atoms with Gasteiger partial charge in [-0.05, 0) is 55.7 Å². The summed E-state index contributed by atoms with van der Waals surface area (Å²) in [5.74, 6) is 0.670. The van der Waals surface area contributed by atoms with Gasteiger partial charge in [-0.1, -0.05) is 35.3 Å². The van der Waals surface area contributed by atoms with E-state index < -0.39 is 6.04 Å². The molecule has 0 fully saturated rings. The maximum atomic E-state index is 14.1. The van der Waals surface area contributed by atoms with Gasteiger partial charge in [0.1, 0.15) is 11.9 Å². The molecule has 2 aromatic heterocycles. The average Bonchev–Trinajstić information content (AvgIpc) is 3.41. The fraction of sp³-hybridized carbons (Fsp3) is 0.259. The van der Waals surface area contributed by atoms with Gasteiger partial charge in [-0.2, -0.15) is 4.98 Å². The van der Waals surface area contributed by atoms with Gasteiger partial charge >= 0.3 is 6.01 Å². The van der Waals surface area contributed by atoms with Gasteiger partial charge in [-0.25, -0.2) is 9.97 Å². The quantitative estimate of drug-likeness (QED) is 0.305. The molecule has 4 aromatic rings. The normalized spacial score (nSPS) is 15.4. The van der Waals surface area contributed by atoms with Crippen LogP contribution in [-0.4, -0.2) is 39.6 Å². The zero-order chi connectivity index (χ0) is 26.2. The van der Waals surface area contributed by atoms with E-state index in [1.807, 2.05) is 42.2 Å². The van der Waals surface area contributed by atoms with Crippen molar-refractivity contribution in [3.8, 4) is 34.4 Å². The van der Waals surface area contributed by atoms with Gasteiger partial charge in [0, 0.05) is 22.8 Å². The van der Waals surface area contributed by atoms with E-state index in [0.717, 1.165) is 33.6 Å². The molecule has 10 heteroatoms. The summed E-state index contributed by atoms with van der Waals surface area (Å²) in [5.41, 5.74) is 6.09. The standard InChI is InChI=1S/C27H23Cl2N5O3/c1-12(2)33-23-20(31-24(33)17-11-30-27(37-5)32-25(17)36-4)26(35)34-21-13(3)6-9-18(29)19(21)16-10-14(28)7-8-15(16)22(23)34/h6-12,22H,1-5H3/t22-/m0/s1. The molecule has 8 nitrogen and oxygen atoms in total. The number of methoxy groups -OCH3 is 2. The Morgan fingerprint density at radius 1 is 1.03 bits per heavy atom. The van der Waals surface area contributed by atoms with Crippen molar-refractivity contribution in [1.82, 2.24) is 19.5 Å². The van der Waals surface area contributed by atoms with E-state index in [4.69, 9.17) is 37.7 Å². The van der Waals surface area contributed by atoms with Crippen LogP contribution in [0, 0.1) is 6.92 Å². The highest BCUT2D eigenvalue weighted by atomic mass is 35.5. The van der Waals surface area contributed by atoms with Crippen LogP contribution in [0.1, 0.15) is 53.2 Å². The average molecular weight is 536 g/mol. The van der Waals surface area contributed by atoms with Crippen LogP contribution in [0.15, 0.2) is 36.5 Å². The molecule has 6 rings (SSSR count). The molecule has 0 saturated carbocycles. The van der Waals surface area contributed by atoms with E-state index in [9.17, 15) is 4.79 Å². The topological polar surface area (TPSA) is 82.4 Å². The highest BCUT2D eigenvalue weighted by molar-refractivity contribution is 6.35. The summed E-state index contributed by atoms with van der Waals surface area (Å²) in [6, 6.07) is 9.24. The van der Waals surface area contributed by atoms with Gasteiger partial charge in [-0.15, -0.1) is 0 Å². The van der Waals surface area contributed by atoms with E-state index in [-0.39, 0.29) is 18.0 Å². The summed E-state index contributed by atoms with van der Waals surface area (Å²) in [4.78, 5) is 29.4. The number of hydrogen-bond donors (Lipinski definition) is 0. The predicted molar refractivity (Wildman–Crippen MR) is 142 cm³/mol. The van der Waals surface area contributed by atoms with Crippen molar-refractivity contribution in [2.45, 2.75) is 32.9 Å². The number of carbonyl (C=O) groups excluding carboxylic acids is 1. The van der Waals surface area contributed by atoms with Crippen LogP contribution in [0.5, 0.6) is 11.9 Å². The number of rotatable bonds is 4. The predicted octanol–water partition coefficient (Wildman–Crippen LogP) is 6.28. The minimum absolute atomic E-state index is 0.0385. The first-order valence-electron chi connectivity index (χ1n) is 11.8. The first-order valence-corrected chi connectivity index (χ1v) is 12.5. The summed E-state index contributed by atoms with van der Waals surface area (Å²) >= 11 is 13.2. The summed E-state index contributed by atoms with van der Waals surface area (Å²) in [7, 11) is 3.02. The Balaban J connectivity index is 1.66. The Hall–Kier alpha value is -3.62. The van der Waals surface area contributed by atoms with Crippen molar-refractivity contribution in [2.75, 3.05) is 19.1 Å². The van der Waals surface area contributed by atoms with Crippen molar-refractivity contribution in [1.29, 1.82) is 0 Å². The maximum absolute atomic E-state index is 14.1. The number of imidazole rings is 1. The first kappa shape index (κ1) is 23.8. The lowest BCUT2D eigenvalue weighted by molar-refractivity contribution is 0.0989. The lowest BCUT2D eigenvalue weighted by Crippen LogP contribution is -2.34. The van der Waals surface area contributed by atoms with Crippen molar-refractivity contribution in [2.24, 2.45) is 0 Å². The van der Waals surface area contributed by atoms with Crippen molar-refractivity contribution in [3.05, 3.63) is 69.1 Å². The number of carbonyl (C=O) groups is 1. The highest BCUT2D eigenvalue weighted by Crippen LogP contribution is 2.56. The third-order valence-electron chi connectivity index (χ3n) is 6.90. The molecule has 0 spiro atoms. The van der Waals surface area contributed by atoms with Crippen LogP contribution < -0.4 is 14.4 Å². The summed E-state index contributed by atoms with van der Waals surface area (Å²) < 4.78 is 12.8. The minimum atomic E-state index is -0.409. The number of benzene rings is 2. The number of anilines is 1. The van der Waals surface area contributed by atoms with E-state index in [2.05, 4.69) is 28.4 Å². The van der Waals surface area contributed by atoms with Crippen LogP contribution >= 0.6 is 23.2 Å². The number of aryl methyl sites for hydroxylation is 1. The number of fused-ring (bicyclic) bond motifs is 8. The van der Waals surface area contributed by atoms with Crippen molar-refractivity contribution >= 4 is 34.8 Å². The lowest BCUT2D eigenvalue weighted by atomic mass is 9.86. The molecule has 0 saturated heterocycles. The molecule has 2 aliphatic heterocycles. The van der Waals surface area contributed by atoms with Crippen molar-refractivity contribution in [3.63, 3.8) is 0 Å². The molecule has 1 amide bonds. The molecular formula is C27H23Cl2N5O3. The first-order chi connectivity index (χ1) is 17.8. The number of amides is 1. The van der Waals surface area contributed by atoms with E-state index in [1.165, 1.54) is 14.2 Å². The summed E-state index contributed by atoms with van der Waals surface area (Å²) in [6.45, 7) is 6.08. The highest BCUT2D eigenvalue weighted by Gasteiger charge is 2.49. The van der Waals surface area contributed by atoms with E-state index in [1.54, 1.807) is 6.20 Å². The van der Waals surface area contributed by atoms with Gasteiger partial charge < -0.3 is 14.0 Å². The second-order valence-electron chi connectivity index (χ2n) is 9.31. The van der Waals surface area contributed by atoms with Crippen LogP contribution in [0.3, 0.4) is 0 Å². The molecule has 2 aliphatic rings. The molecule has 0 bridgehead atoms. The zero-order valence-electron chi connectivity index (χ0n) is 20.8. The van der Waals surface area contributed by atoms with Crippen LogP contribution in [0.25, 0.3) is 22.5 Å². The maximum Gasteiger partial charge on any atom is 0.319 e. The SMILES string of the molecule is COc1ncc(-c2nc3c(n2C(C)C)[C@@H]2c4ccc(Cl)cc4-c4c(Cl)ccc(C)c4N2C3=O)c(OC)n1. The molecular weight excluding hydrogens is 513 g/mol. The number of nitrogens with zero attached hydrogens (tertiary/aromatic N) is 5. The molecule has 0 N–H and O–H groups in total. The number of halogens is 2. The molecule has 2 aromatic carbocycles. The van der Waals surface area contributed by atoms with E-state index >= 15 is 0 Å². The Kier molecular flexibility index (Phi) is 5.43. The molecule has 0 radical (unpaired) electrons. The van der Waals surface area contributed by atoms with Crippen LogP contribution in [-0.2, 0) is 0 Å². The van der Waals surface area contributed by atoms with Gasteiger partial charge in [-0.3, -0.25) is 9.69 Å². The van der Waals surface area contributed by atoms with Crippen LogP contribution in [0.2, 0.25) is 10.0 Å². The van der Waals surface area contributed by atoms with Crippen molar-refractivity contribution < 1.29 is 14.3 Å². The van der Waals surface area contributed by atoms with Gasteiger partial charge in [0.15, 0.2) is 5.69 Å². The third-order valence-corrected chi connectivity index (χ3v) is 7.45. The fourth-order valence-corrected chi connectivity index (χ4v) is 5.85. The number of hydrogen-bond acceptors (Lipinski definition) is 6. The Morgan fingerprint density at radius 2 is 1.81 bits per heavy atom. The van der Waals surface area contributed by atoms with Gasteiger partial charge in [0.25, 0.3) is 5.91 Å². The lowest BCUT2D eigenvalue weighted by Gasteiger charge is -2.36. The monoisotopic (exact) mass is 535 g/mol. The number of ether oxygens (including phenoxy) is 2. The smallest absolute Gasteiger partial charge is 0.319 e. The Bertz CT molecular complexity index is 1610. The largest absolute Gasteiger partial charge is 0.480 e. The molecule has 4 heterocycles. The summed E-state index contributed by atoms with van der Waals surface area (Å²) in [5, 5.41) is 1.16. The zero-order valence-corrected chi connectivity index (χ0v) is 22.3. The fourth-order valence-electron chi connectivity index (χ4n) is 5.43. The number of aromatic nitrogens is 4. The molecule has 0 aliphatic carbocycles. The minimum Gasteiger partial charge on any atom is -0.480 e. The second-order valence-corrected chi connectivity index (χ2v) is 10.2.